The van der Waals surface area contributed by atoms with Gasteiger partial charge in [0.15, 0.2) is 6.29 Å². The molecular weight excluding hydrogens is 420 g/mol. The van der Waals surface area contributed by atoms with E-state index in [1.807, 2.05) is 91.0 Å². The average molecular weight is 451 g/mol. The predicted octanol–water partition coefficient (Wildman–Crippen LogP) is 3.45. The highest BCUT2D eigenvalue weighted by molar-refractivity contribution is 5.15. The summed E-state index contributed by atoms with van der Waals surface area (Å²) in [7, 11) is 0. The van der Waals surface area contributed by atoms with Crippen molar-refractivity contribution in [2.45, 2.75) is 50.5 Å². The molecule has 6 nitrogen and oxygen atoms in total. The highest BCUT2D eigenvalue weighted by Gasteiger charge is 2.46. The van der Waals surface area contributed by atoms with Crippen molar-refractivity contribution in [3.63, 3.8) is 0 Å². The third kappa shape index (κ3) is 6.71. The maximum Gasteiger partial charge on any atom is 0.184 e. The van der Waals surface area contributed by atoms with Crippen LogP contribution in [0.1, 0.15) is 16.7 Å². The minimum atomic E-state index is -1.26. The van der Waals surface area contributed by atoms with Gasteiger partial charge in [-0.15, -0.1) is 0 Å². The fraction of sp³-hybridized carbons (Fsp3) is 0.333. The minimum absolute atomic E-state index is 0.115. The van der Waals surface area contributed by atoms with Gasteiger partial charge in [0.25, 0.3) is 0 Å². The lowest BCUT2D eigenvalue weighted by atomic mass is 9.98. The molecule has 0 spiro atoms. The SMILES string of the molecule is O[C@H]1C(COCc2ccccc2)O[C@H](O)C(OCc2ccccc2)C1OCc1ccccc1. The highest BCUT2D eigenvalue weighted by atomic mass is 16.7. The summed E-state index contributed by atoms with van der Waals surface area (Å²) < 4.78 is 23.5. The smallest absolute Gasteiger partial charge is 0.184 e. The van der Waals surface area contributed by atoms with Gasteiger partial charge in [0, 0.05) is 0 Å². The normalized spacial score (nSPS) is 25.1. The summed E-state index contributed by atoms with van der Waals surface area (Å²) in [6.07, 6.45) is -4.68. The van der Waals surface area contributed by atoms with E-state index in [1.165, 1.54) is 0 Å². The van der Waals surface area contributed by atoms with Crippen molar-refractivity contribution < 1.29 is 29.2 Å². The van der Waals surface area contributed by atoms with Crippen molar-refractivity contribution in [2.75, 3.05) is 6.61 Å². The molecule has 0 amide bonds. The van der Waals surface area contributed by atoms with Crippen molar-refractivity contribution in [3.8, 4) is 0 Å². The quantitative estimate of drug-likeness (QED) is 0.493. The van der Waals surface area contributed by atoms with Crippen LogP contribution >= 0.6 is 0 Å². The van der Waals surface area contributed by atoms with Gasteiger partial charge in [-0.1, -0.05) is 91.0 Å². The molecule has 3 aromatic rings. The standard InChI is InChI=1S/C27H30O6/c28-24-23(19-30-16-20-10-4-1-5-11-20)33-27(29)26(32-18-22-14-8-3-9-15-22)25(24)31-17-21-12-6-2-7-13-21/h1-15,23-29H,16-19H2/t23?,24-,25?,26?,27-/m0/s1. The molecular formula is C27H30O6. The third-order valence-corrected chi connectivity index (χ3v) is 5.60. The van der Waals surface area contributed by atoms with Crippen LogP contribution in [0, 0.1) is 0 Å². The first-order valence-corrected chi connectivity index (χ1v) is 11.1. The zero-order valence-corrected chi connectivity index (χ0v) is 18.4. The van der Waals surface area contributed by atoms with Crippen molar-refractivity contribution in [1.29, 1.82) is 0 Å². The number of rotatable bonds is 10. The van der Waals surface area contributed by atoms with Gasteiger partial charge in [0.2, 0.25) is 0 Å². The number of hydrogen-bond acceptors (Lipinski definition) is 6. The second kappa shape index (κ2) is 12.0. The summed E-state index contributed by atoms with van der Waals surface area (Å²) in [6.45, 7) is 1.04. The van der Waals surface area contributed by atoms with Gasteiger partial charge in [-0.3, -0.25) is 0 Å². The van der Waals surface area contributed by atoms with Crippen LogP contribution in [-0.2, 0) is 38.8 Å². The van der Waals surface area contributed by atoms with Gasteiger partial charge in [-0.05, 0) is 16.7 Å². The molecule has 0 bridgehead atoms. The maximum atomic E-state index is 11.1. The zero-order chi connectivity index (χ0) is 22.9. The van der Waals surface area contributed by atoms with Crippen LogP contribution in [0.25, 0.3) is 0 Å². The number of aliphatic hydroxyl groups is 2. The van der Waals surface area contributed by atoms with Gasteiger partial charge in [-0.25, -0.2) is 0 Å². The molecule has 0 saturated carbocycles. The Morgan fingerprint density at radius 2 is 1.06 bits per heavy atom. The van der Waals surface area contributed by atoms with E-state index in [4.69, 9.17) is 18.9 Å². The lowest BCUT2D eigenvalue weighted by Gasteiger charge is -2.42. The lowest BCUT2D eigenvalue weighted by molar-refractivity contribution is -0.309. The second-order valence-corrected chi connectivity index (χ2v) is 8.08. The van der Waals surface area contributed by atoms with Gasteiger partial charge in [-0.2, -0.15) is 0 Å². The molecule has 1 aliphatic heterocycles. The van der Waals surface area contributed by atoms with Crippen molar-refractivity contribution in [2.24, 2.45) is 0 Å². The Morgan fingerprint density at radius 3 is 1.58 bits per heavy atom. The Balaban J connectivity index is 1.41. The molecule has 5 atom stereocenters. The number of hydrogen-bond donors (Lipinski definition) is 2. The van der Waals surface area contributed by atoms with Crippen LogP contribution < -0.4 is 0 Å². The molecule has 4 rings (SSSR count). The molecule has 2 N–H and O–H groups in total. The Hall–Kier alpha value is -2.58. The average Bonchev–Trinajstić information content (AvgIpc) is 2.86. The van der Waals surface area contributed by atoms with Crippen LogP contribution in [0.15, 0.2) is 91.0 Å². The van der Waals surface area contributed by atoms with Crippen molar-refractivity contribution in [1.82, 2.24) is 0 Å². The fourth-order valence-electron chi connectivity index (χ4n) is 3.81. The maximum absolute atomic E-state index is 11.1. The first-order valence-electron chi connectivity index (χ1n) is 11.1. The number of benzene rings is 3. The highest BCUT2D eigenvalue weighted by Crippen LogP contribution is 2.27. The van der Waals surface area contributed by atoms with Crippen LogP contribution in [0.4, 0.5) is 0 Å². The van der Waals surface area contributed by atoms with Crippen LogP contribution in [0.2, 0.25) is 0 Å². The summed E-state index contributed by atoms with van der Waals surface area (Å²) >= 11 is 0. The molecule has 1 fully saturated rings. The molecule has 3 aromatic carbocycles. The third-order valence-electron chi connectivity index (χ3n) is 5.60. The summed E-state index contributed by atoms with van der Waals surface area (Å²) in [4.78, 5) is 0. The molecule has 0 radical (unpaired) electrons. The number of aliphatic hydroxyl groups excluding tert-OH is 2. The van der Waals surface area contributed by atoms with E-state index in [2.05, 4.69) is 0 Å². The Labute approximate surface area is 194 Å². The molecule has 0 aromatic heterocycles. The molecule has 33 heavy (non-hydrogen) atoms. The molecule has 1 aliphatic rings. The second-order valence-electron chi connectivity index (χ2n) is 8.08. The predicted molar refractivity (Wildman–Crippen MR) is 123 cm³/mol. The summed E-state index contributed by atoms with van der Waals surface area (Å²) in [5.41, 5.74) is 2.93. The molecule has 1 saturated heterocycles. The van der Waals surface area contributed by atoms with E-state index < -0.39 is 30.7 Å². The Morgan fingerprint density at radius 1 is 0.606 bits per heavy atom. The minimum Gasteiger partial charge on any atom is -0.387 e. The Bertz CT molecular complexity index is 937. The largest absolute Gasteiger partial charge is 0.387 e. The monoisotopic (exact) mass is 450 g/mol. The van der Waals surface area contributed by atoms with Gasteiger partial charge >= 0.3 is 0 Å². The molecule has 1 heterocycles. The first-order chi connectivity index (χ1) is 16.2. The molecule has 3 unspecified atom stereocenters. The first kappa shape index (κ1) is 23.6. The topological polar surface area (TPSA) is 77.4 Å². The van der Waals surface area contributed by atoms with Crippen LogP contribution in [0.5, 0.6) is 0 Å². The van der Waals surface area contributed by atoms with E-state index in [0.29, 0.717) is 6.61 Å². The van der Waals surface area contributed by atoms with Crippen molar-refractivity contribution in [3.05, 3.63) is 108 Å². The molecule has 6 heteroatoms. The van der Waals surface area contributed by atoms with Crippen LogP contribution in [-0.4, -0.2) is 47.5 Å². The molecule has 0 aliphatic carbocycles. The van der Waals surface area contributed by atoms with Crippen molar-refractivity contribution >= 4 is 0 Å². The van der Waals surface area contributed by atoms with E-state index in [9.17, 15) is 10.2 Å². The van der Waals surface area contributed by atoms with Gasteiger partial charge in [0.1, 0.15) is 24.4 Å². The van der Waals surface area contributed by atoms with E-state index in [-0.39, 0.29) is 19.8 Å². The zero-order valence-electron chi connectivity index (χ0n) is 18.4. The molecule has 174 valence electrons. The van der Waals surface area contributed by atoms with Gasteiger partial charge < -0.3 is 29.2 Å². The Kier molecular flexibility index (Phi) is 8.60. The van der Waals surface area contributed by atoms with E-state index >= 15 is 0 Å². The fourth-order valence-corrected chi connectivity index (χ4v) is 3.81. The summed E-state index contributed by atoms with van der Waals surface area (Å²) in [5.74, 6) is 0. The lowest BCUT2D eigenvalue weighted by Crippen LogP contribution is -2.60. The summed E-state index contributed by atoms with van der Waals surface area (Å²) in [6, 6.07) is 29.1. The van der Waals surface area contributed by atoms with Gasteiger partial charge in [0.05, 0.1) is 26.4 Å². The van der Waals surface area contributed by atoms with Crippen LogP contribution in [0.3, 0.4) is 0 Å². The number of ether oxygens (including phenoxy) is 4. The van der Waals surface area contributed by atoms with E-state index in [1.54, 1.807) is 0 Å². The summed E-state index contributed by atoms with van der Waals surface area (Å²) in [5, 5.41) is 21.8. The van der Waals surface area contributed by atoms with E-state index in [0.717, 1.165) is 16.7 Å².